The van der Waals surface area contributed by atoms with Crippen LogP contribution in [0.1, 0.15) is 15.9 Å². The molecule has 0 unspecified atom stereocenters. The highest BCUT2D eigenvalue weighted by Gasteiger charge is 2.14. The zero-order valence-corrected chi connectivity index (χ0v) is 11.1. The van der Waals surface area contributed by atoms with Gasteiger partial charge in [-0.05, 0) is 30.7 Å². The average molecular weight is 281 g/mol. The molecule has 0 aliphatic rings. The molecule has 0 atom stereocenters. The van der Waals surface area contributed by atoms with Crippen LogP contribution in [0.5, 0.6) is 0 Å². The van der Waals surface area contributed by atoms with Crippen molar-refractivity contribution >= 4 is 16.9 Å². The molecule has 3 aromatic heterocycles. The first-order valence-electron chi connectivity index (χ1n) is 6.24. The quantitative estimate of drug-likeness (QED) is 0.748. The van der Waals surface area contributed by atoms with Gasteiger partial charge in [-0.1, -0.05) is 0 Å². The van der Waals surface area contributed by atoms with Gasteiger partial charge in [-0.2, -0.15) is 0 Å². The third-order valence-corrected chi connectivity index (χ3v) is 3.30. The predicted molar refractivity (Wildman–Crippen MR) is 77.3 cm³/mol. The van der Waals surface area contributed by atoms with E-state index < -0.39 is 11.5 Å². The lowest BCUT2D eigenvalue weighted by Crippen LogP contribution is -2.17. The molecule has 3 rings (SSSR count). The summed E-state index contributed by atoms with van der Waals surface area (Å²) in [6.07, 6.45) is 4.91. The third kappa shape index (κ3) is 2.16. The Kier molecular flexibility index (Phi) is 2.98. The van der Waals surface area contributed by atoms with Crippen LogP contribution in [0.15, 0.2) is 41.6 Å². The number of H-pyrrole nitrogens is 1. The van der Waals surface area contributed by atoms with E-state index >= 15 is 0 Å². The fourth-order valence-corrected chi connectivity index (χ4v) is 2.21. The molecule has 0 spiro atoms. The molecule has 21 heavy (non-hydrogen) atoms. The molecule has 6 heteroatoms. The molecule has 2 N–H and O–H groups in total. The third-order valence-electron chi connectivity index (χ3n) is 3.30. The second-order valence-corrected chi connectivity index (χ2v) is 4.63. The van der Waals surface area contributed by atoms with Crippen molar-refractivity contribution in [1.29, 1.82) is 0 Å². The molecule has 0 radical (unpaired) electrons. The van der Waals surface area contributed by atoms with Gasteiger partial charge in [0.1, 0.15) is 5.56 Å². The number of pyridine rings is 3. The molecular formula is C15H11N3O3. The Bertz CT molecular complexity index is 915. The van der Waals surface area contributed by atoms with Crippen molar-refractivity contribution in [3.63, 3.8) is 0 Å². The van der Waals surface area contributed by atoms with Gasteiger partial charge in [-0.25, -0.2) is 4.79 Å². The minimum atomic E-state index is -1.27. The number of hydrogen-bond acceptors (Lipinski definition) is 4. The normalized spacial score (nSPS) is 10.7. The maximum absolute atomic E-state index is 11.7. The second kappa shape index (κ2) is 4.82. The number of aromatic carboxylic acids is 1. The van der Waals surface area contributed by atoms with Gasteiger partial charge in [-0.15, -0.1) is 0 Å². The Morgan fingerprint density at radius 1 is 1.29 bits per heavy atom. The lowest BCUT2D eigenvalue weighted by Gasteiger charge is -2.08. The lowest BCUT2D eigenvalue weighted by molar-refractivity contribution is 0.0695. The summed E-state index contributed by atoms with van der Waals surface area (Å²) < 4.78 is 0. The van der Waals surface area contributed by atoms with Crippen LogP contribution in [0.2, 0.25) is 0 Å². The van der Waals surface area contributed by atoms with Gasteiger partial charge in [0.2, 0.25) is 0 Å². The number of carboxylic acid groups (broad SMARTS) is 1. The molecule has 0 saturated heterocycles. The van der Waals surface area contributed by atoms with Crippen LogP contribution in [0.4, 0.5) is 0 Å². The molecule has 0 bridgehead atoms. The van der Waals surface area contributed by atoms with Gasteiger partial charge >= 0.3 is 5.97 Å². The van der Waals surface area contributed by atoms with E-state index in [1.54, 1.807) is 24.7 Å². The highest BCUT2D eigenvalue weighted by Crippen LogP contribution is 2.27. The molecule has 3 heterocycles. The number of nitrogens with one attached hydrogen (secondary N) is 1. The maximum atomic E-state index is 11.7. The number of carboxylic acids is 1. The van der Waals surface area contributed by atoms with Gasteiger partial charge in [-0.3, -0.25) is 14.8 Å². The first-order valence-corrected chi connectivity index (χ1v) is 6.24. The zero-order chi connectivity index (χ0) is 15.0. The summed E-state index contributed by atoms with van der Waals surface area (Å²) >= 11 is 0. The van der Waals surface area contributed by atoms with E-state index in [2.05, 4.69) is 15.0 Å². The van der Waals surface area contributed by atoms with Crippen LogP contribution in [-0.2, 0) is 0 Å². The van der Waals surface area contributed by atoms with Gasteiger partial charge in [0.05, 0.1) is 11.2 Å². The van der Waals surface area contributed by atoms with E-state index in [9.17, 15) is 9.59 Å². The number of carbonyl (C=O) groups is 1. The Balaban J connectivity index is 2.39. The van der Waals surface area contributed by atoms with Gasteiger partial charge in [0.15, 0.2) is 0 Å². The molecule has 3 aromatic rings. The maximum Gasteiger partial charge on any atom is 0.341 e. The SMILES string of the molecule is Cc1ccncc1-c1nccc2[nH]c(=O)c(C(=O)O)cc12. The fraction of sp³-hybridized carbons (Fsp3) is 0.0667. The van der Waals surface area contributed by atoms with Crippen LogP contribution in [0.25, 0.3) is 22.2 Å². The van der Waals surface area contributed by atoms with Gasteiger partial charge in [0, 0.05) is 29.5 Å². The van der Waals surface area contributed by atoms with Crippen molar-refractivity contribution in [1.82, 2.24) is 15.0 Å². The fourth-order valence-electron chi connectivity index (χ4n) is 2.21. The number of fused-ring (bicyclic) bond motifs is 1. The Labute approximate surface area is 119 Å². The number of aromatic amines is 1. The van der Waals surface area contributed by atoms with Crippen LogP contribution in [-0.4, -0.2) is 26.0 Å². The van der Waals surface area contributed by atoms with Crippen molar-refractivity contribution in [3.05, 3.63) is 58.3 Å². The molecular weight excluding hydrogens is 270 g/mol. The zero-order valence-electron chi connectivity index (χ0n) is 11.1. The van der Waals surface area contributed by atoms with E-state index in [-0.39, 0.29) is 5.56 Å². The van der Waals surface area contributed by atoms with E-state index in [4.69, 9.17) is 5.11 Å². The summed E-state index contributed by atoms with van der Waals surface area (Å²) in [7, 11) is 0. The standard InChI is InChI=1S/C15H11N3O3/c1-8-2-4-16-7-11(8)13-9-6-10(15(20)21)14(19)18-12(9)3-5-17-13/h2-7H,1H3,(H,18,19)(H,20,21). The number of aryl methyl sites for hydroxylation is 1. The Morgan fingerprint density at radius 3 is 2.81 bits per heavy atom. The molecule has 0 amide bonds. The summed E-state index contributed by atoms with van der Waals surface area (Å²) in [5.41, 5.74) is 1.96. The van der Waals surface area contributed by atoms with E-state index in [0.29, 0.717) is 16.6 Å². The number of aromatic nitrogens is 3. The smallest absolute Gasteiger partial charge is 0.341 e. The minimum Gasteiger partial charge on any atom is -0.477 e. The van der Waals surface area contributed by atoms with Gasteiger partial charge < -0.3 is 10.1 Å². The lowest BCUT2D eigenvalue weighted by atomic mass is 10.0. The summed E-state index contributed by atoms with van der Waals surface area (Å²) in [6, 6.07) is 4.84. The largest absolute Gasteiger partial charge is 0.477 e. The topological polar surface area (TPSA) is 95.9 Å². The van der Waals surface area contributed by atoms with Gasteiger partial charge in [0.25, 0.3) is 5.56 Å². The average Bonchev–Trinajstić information content (AvgIpc) is 2.46. The first kappa shape index (κ1) is 13.0. The summed E-state index contributed by atoms with van der Waals surface area (Å²) in [5, 5.41) is 9.66. The van der Waals surface area contributed by atoms with Crippen LogP contribution in [0, 0.1) is 6.92 Å². The summed E-state index contributed by atoms with van der Waals surface area (Å²) in [6.45, 7) is 1.92. The van der Waals surface area contributed by atoms with Crippen molar-refractivity contribution in [2.75, 3.05) is 0 Å². The Morgan fingerprint density at radius 2 is 2.10 bits per heavy atom. The van der Waals surface area contributed by atoms with Crippen molar-refractivity contribution in [2.45, 2.75) is 6.92 Å². The number of rotatable bonds is 2. The summed E-state index contributed by atoms with van der Waals surface area (Å²) in [5.74, 6) is -1.27. The predicted octanol–water partition coefficient (Wildman–Crippen LogP) is 1.99. The molecule has 0 aliphatic heterocycles. The molecule has 0 aliphatic carbocycles. The second-order valence-electron chi connectivity index (χ2n) is 4.63. The van der Waals surface area contributed by atoms with Crippen LogP contribution >= 0.6 is 0 Å². The molecule has 0 fully saturated rings. The minimum absolute atomic E-state index is 0.307. The van der Waals surface area contributed by atoms with Crippen molar-refractivity contribution in [2.24, 2.45) is 0 Å². The highest BCUT2D eigenvalue weighted by molar-refractivity contribution is 5.98. The summed E-state index contributed by atoms with van der Waals surface area (Å²) in [4.78, 5) is 33.8. The van der Waals surface area contributed by atoms with Crippen LogP contribution < -0.4 is 5.56 Å². The number of hydrogen-bond donors (Lipinski definition) is 2. The number of nitrogens with zero attached hydrogens (tertiary/aromatic N) is 2. The highest BCUT2D eigenvalue weighted by atomic mass is 16.4. The molecule has 0 saturated carbocycles. The molecule has 0 aromatic carbocycles. The molecule has 6 nitrogen and oxygen atoms in total. The molecule has 104 valence electrons. The van der Waals surface area contributed by atoms with E-state index in [1.807, 2.05) is 13.0 Å². The van der Waals surface area contributed by atoms with E-state index in [0.717, 1.165) is 11.1 Å². The van der Waals surface area contributed by atoms with E-state index in [1.165, 1.54) is 6.07 Å². The monoisotopic (exact) mass is 281 g/mol. The van der Waals surface area contributed by atoms with Crippen molar-refractivity contribution < 1.29 is 9.90 Å². The van der Waals surface area contributed by atoms with Crippen molar-refractivity contribution in [3.8, 4) is 11.3 Å². The Hall–Kier alpha value is -3.02. The first-order chi connectivity index (χ1) is 10.1. The van der Waals surface area contributed by atoms with Crippen LogP contribution in [0.3, 0.4) is 0 Å².